The van der Waals surface area contributed by atoms with Gasteiger partial charge in [0.2, 0.25) is 0 Å². The van der Waals surface area contributed by atoms with Crippen molar-refractivity contribution in [3.8, 4) is 11.1 Å². The molecule has 5 aliphatic rings. The molecule has 8 aromatic rings. The summed E-state index contributed by atoms with van der Waals surface area (Å²) >= 11 is 2.06. The molecule has 13 rings (SSSR count). The van der Waals surface area contributed by atoms with E-state index in [-0.39, 0.29) is 44.7 Å². The molecule has 0 saturated heterocycles. The van der Waals surface area contributed by atoms with Crippen LogP contribution in [0.3, 0.4) is 0 Å². The normalized spacial score (nSPS) is 21.1. The molecule has 1 saturated carbocycles. The van der Waals surface area contributed by atoms with Gasteiger partial charge in [0.25, 0.3) is 6.71 Å². The Hall–Kier alpha value is -6.04. The zero-order chi connectivity index (χ0) is 54.1. The molecule has 0 amide bonds. The van der Waals surface area contributed by atoms with Crippen molar-refractivity contribution in [2.75, 3.05) is 14.7 Å². The molecule has 0 bridgehead atoms. The monoisotopic (exact) mass is 1030 g/mol. The maximum absolute atomic E-state index is 2.83. The van der Waals surface area contributed by atoms with Gasteiger partial charge in [-0.2, -0.15) is 0 Å². The minimum Gasteiger partial charge on any atom is -0.334 e. The van der Waals surface area contributed by atoms with Gasteiger partial charge in [-0.05, 0) is 170 Å². The van der Waals surface area contributed by atoms with Crippen LogP contribution in [0.4, 0.5) is 45.5 Å². The zero-order valence-electron chi connectivity index (χ0n) is 48.8. The van der Waals surface area contributed by atoms with E-state index in [0.717, 1.165) is 6.42 Å². The van der Waals surface area contributed by atoms with Crippen molar-refractivity contribution in [1.29, 1.82) is 0 Å². The van der Waals surface area contributed by atoms with E-state index in [2.05, 4.69) is 269 Å². The average Bonchev–Trinajstić information content (AvgIpc) is 4.12. The Morgan fingerprint density at radius 1 is 0.468 bits per heavy atom. The molecular weight excluding hydrogens is 950 g/mol. The van der Waals surface area contributed by atoms with Gasteiger partial charge in [-0.25, -0.2) is 0 Å². The summed E-state index contributed by atoms with van der Waals surface area (Å²) in [7, 11) is 0. The van der Waals surface area contributed by atoms with Crippen LogP contribution in [0.2, 0.25) is 0 Å². The number of benzene rings is 7. The molecule has 2 aliphatic carbocycles. The highest BCUT2D eigenvalue weighted by Gasteiger charge is 2.58. The highest BCUT2D eigenvalue weighted by molar-refractivity contribution is 7.33. The molecule has 2 atom stereocenters. The number of fused-ring (bicyclic) bond motifs is 10. The van der Waals surface area contributed by atoms with Crippen LogP contribution >= 0.6 is 11.3 Å². The molecule has 392 valence electrons. The lowest BCUT2D eigenvalue weighted by Gasteiger charge is -2.51. The first-order chi connectivity index (χ1) is 36.3. The van der Waals surface area contributed by atoms with Crippen LogP contribution in [-0.2, 0) is 32.5 Å². The molecule has 4 heterocycles. The third-order valence-electron chi connectivity index (χ3n) is 19.9. The maximum atomic E-state index is 2.83. The quantitative estimate of drug-likeness (QED) is 0.163. The molecule has 3 aliphatic heterocycles. The van der Waals surface area contributed by atoms with E-state index in [9.17, 15) is 0 Å². The SMILES string of the molecule is CC(C)(C)c1cccc(N2c3cc(C(C)(C)C)ccc3B3c4sc5cc6c(cc5c4N(c4ccc(C(C)(C)C)cc4-c4ccccc4)c4cc(N5c7ccccc7C7(C)CCCCC57C)cc2c43)C(C)(C)CCC6(C)C)c1. The minimum atomic E-state index is -0.140. The predicted molar refractivity (Wildman–Crippen MR) is 335 cm³/mol. The fraction of sp³-hybridized carbons (Fsp3) is 0.389. The second kappa shape index (κ2) is 16.7. The molecule has 77 heavy (non-hydrogen) atoms. The van der Waals surface area contributed by atoms with Crippen molar-refractivity contribution in [2.45, 2.75) is 180 Å². The van der Waals surface area contributed by atoms with Crippen LogP contribution in [0.5, 0.6) is 0 Å². The molecule has 0 radical (unpaired) electrons. The Labute approximate surface area is 465 Å². The van der Waals surface area contributed by atoms with Crippen molar-refractivity contribution in [2.24, 2.45) is 0 Å². The Kier molecular flexibility index (Phi) is 11.0. The van der Waals surface area contributed by atoms with Gasteiger partial charge in [0, 0.05) is 60.0 Å². The first kappa shape index (κ1) is 50.5. The van der Waals surface area contributed by atoms with Crippen molar-refractivity contribution in [3.63, 3.8) is 0 Å². The van der Waals surface area contributed by atoms with E-state index in [4.69, 9.17) is 0 Å². The molecule has 2 unspecified atom stereocenters. The first-order valence-corrected chi connectivity index (χ1v) is 29.9. The number of anilines is 8. The van der Waals surface area contributed by atoms with Crippen LogP contribution in [0, 0.1) is 0 Å². The van der Waals surface area contributed by atoms with Gasteiger partial charge in [-0.15, -0.1) is 11.3 Å². The topological polar surface area (TPSA) is 9.72 Å². The van der Waals surface area contributed by atoms with Gasteiger partial charge in [-0.1, -0.05) is 189 Å². The van der Waals surface area contributed by atoms with Crippen molar-refractivity contribution >= 4 is 89.3 Å². The van der Waals surface area contributed by atoms with Gasteiger partial charge in [0.15, 0.2) is 0 Å². The second-order valence-corrected chi connectivity index (χ2v) is 29.9. The summed E-state index contributed by atoms with van der Waals surface area (Å²) in [6, 6.07) is 55.9. The molecule has 5 heteroatoms. The number of hydrogen-bond acceptors (Lipinski definition) is 4. The summed E-state index contributed by atoms with van der Waals surface area (Å²) in [4.78, 5) is 8.32. The molecule has 1 aromatic heterocycles. The zero-order valence-corrected chi connectivity index (χ0v) is 49.7. The lowest BCUT2D eigenvalue weighted by Crippen LogP contribution is -2.60. The van der Waals surface area contributed by atoms with Gasteiger partial charge < -0.3 is 14.7 Å². The molecular formula is C72H80BN3S. The fourth-order valence-electron chi connectivity index (χ4n) is 14.9. The Balaban J connectivity index is 1.22. The average molecular weight is 1030 g/mol. The second-order valence-electron chi connectivity index (χ2n) is 28.8. The Morgan fingerprint density at radius 2 is 1.08 bits per heavy atom. The summed E-state index contributed by atoms with van der Waals surface area (Å²) in [5.74, 6) is 0. The van der Waals surface area contributed by atoms with Crippen LogP contribution in [0.25, 0.3) is 21.2 Å². The minimum absolute atomic E-state index is 0.00256. The molecule has 3 nitrogen and oxygen atoms in total. The summed E-state index contributed by atoms with van der Waals surface area (Å²) in [5.41, 5.74) is 23.9. The number of rotatable bonds is 4. The van der Waals surface area contributed by atoms with Gasteiger partial charge >= 0.3 is 0 Å². The molecule has 7 aromatic carbocycles. The Bertz CT molecular complexity index is 3720. The highest BCUT2D eigenvalue weighted by Crippen LogP contribution is 2.62. The smallest absolute Gasteiger partial charge is 0.264 e. The van der Waals surface area contributed by atoms with Crippen LogP contribution in [0.15, 0.2) is 140 Å². The van der Waals surface area contributed by atoms with E-state index in [1.165, 1.54) is 148 Å². The van der Waals surface area contributed by atoms with Crippen LogP contribution in [-0.4, -0.2) is 12.3 Å². The van der Waals surface area contributed by atoms with Crippen molar-refractivity contribution in [3.05, 3.63) is 173 Å². The van der Waals surface area contributed by atoms with E-state index in [0.29, 0.717) is 0 Å². The summed E-state index contributed by atoms with van der Waals surface area (Å²) in [6.07, 6.45) is 7.14. The lowest BCUT2D eigenvalue weighted by molar-refractivity contribution is 0.195. The van der Waals surface area contributed by atoms with Gasteiger partial charge in [0.1, 0.15) is 0 Å². The third-order valence-corrected chi connectivity index (χ3v) is 21.1. The predicted octanol–water partition coefficient (Wildman–Crippen LogP) is 18.6. The van der Waals surface area contributed by atoms with Crippen molar-refractivity contribution in [1.82, 2.24) is 0 Å². The van der Waals surface area contributed by atoms with E-state index < -0.39 is 0 Å². The van der Waals surface area contributed by atoms with Crippen LogP contribution < -0.4 is 30.4 Å². The summed E-state index contributed by atoms with van der Waals surface area (Å²) in [5, 5.41) is 1.37. The van der Waals surface area contributed by atoms with E-state index in [1.807, 2.05) is 0 Å². The van der Waals surface area contributed by atoms with Crippen LogP contribution in [0.1, 0.15) is 176 Å². The first-order valence-electron chi connectivity index (χ1n) is 29.0. The maximum Gasteiger partial charge on any atom is 0.264 e. The summed E-state index contributed by atoms with van der Waals surface area (Å²) < 4.78 is 2.82. The fourth-order valence-corrected chi connectivity index (χ4v) is 16.2. The van der Waals surface area contributed by atoms with E-state index in [1.54, 1.807) is 0 Å². The highest BCUT2D eigenvalue weighted by atomic mass is 32.1. The molecule has 1 fully saturated rings. The van der Waals surface area contributed by atoms with Gasteiger partial charge in [-0.3, -0.25) is 0 Å². The largest absolute Gasteiger partial charge is 0.334 e. The van der Waals surface area contributed by atoms with E-state index >= 15 is 0 Å². The lowest BCUT2D eigenvalue weighted by atomic mass is 9.36. The van der Waals surface area contributed by atoms with Gasteiger partial charge in [0.05, 0.1) is 16.9 Å². The van der Waals surface area contributed by atoms with Crippen molar-refractivity contribution < 1.29 is 0 Å². The Morgan fingerprint density at radius 3 is 1.78 bits per heavy atom. The third kappa shape index (κ3) is 7.47. The molecule has 0 spiro atoms. The number of nitrogens with zero attached hydrogens (tertiary/aromatic N) is 3. The molecule has 0 N–H and O–H groups in total. The number of hydrogen-bond donors (Lipinski definition) is 0. The standard InChI is InChI=1S/C72H80BN3S/c1-66(2,3)46-26-23-27-49(38-46)74-59-40-48(68(7,8)9)30-32-56(59)73-63-60(74)41-50(76-58-29-20-19-28-53(58)71(14)34-21-22-35-72(71,76)15)42-61(63)75(57-33-31-47(67(4,5)6)39-51(57)45-24-17-16-18-25-45)64-52-43-54-55(44-62(52)77-65(64)73)70(12,13)37-36-69(54,10)11/h16-20,23-33,38-44H,21-22,34-37H2,1-15H3. The number of para-hydroxylation sites is 1. The number of thiophene rings is 1. The summed E-state index contributed by atoms with van der Waals surface area (Å²) in [6.45, 7) is 36.4.